The number of halogens is 1. The third-order valence-electron chi connectivity index (χ3n) is 5.64. The maximum Gasteiger partial charge on any atom is 0.191 e. The minimum atomic E-state index is 0. The van der Waals surface area contributed by atoms with Crippen molar-refractivity contribution in [2.45, 2.75) is 38.8 Å². The second-order valence-electron chi connectivity index (χ2n) is 8.25. The van der Waals surface area contributed by atoms with Crippen molar-refractivity contribution in [3.8, 4) is 5.75 Å². The fraction of sp³-hybridized carbons (Fsp3) is 0.542. The van der Waals surface area contributed by atoms with Gasteiger partial charge in [-0.05, 0) is 37.1 Å². The molecule has 32 heavy (non-hydrogen) atoms. The van der Waals surface area contributed by atoms with E-state index < -0.39 is 0 Å². The minimum absolute atomic E-state index is 0. The Labute approximate surface area is 207 Å². The van der Waals surface area contributed by atoms with Crippen molar-refractivity contribution in [3.05, 3.63) is 53.5 Å². The topological polar surface area (TPSA) is 77.3 Å². The van der Waals surface area contributed by atoms with E-state index in [1.165, 1.54) is 5.56 Å². The highest BCUT2D eigenvalue weighted by atomic mass is 127. The van der Waals surface area contributed by atoms with Crippen molar-refractivity contribution in [3.63, 3.8) is 0 Å². The summed E-state index contributed by atoms with van der Waals surface area (Å²) in [5, 5.41) is 6.92. The lowest BCUT2D eigenvalue weighted by Crippen LogP contribution is -2.41. The summed E-state index contributed by atoms with van der Waals surface area (Å²) in [6, 6.07) is 10.2. The summed E-state index contributed by atoms with van der Waals surface area (Å²) in [6.07, 6.45) is 4.65. The first-order valence-electron chi connectivity index (χ1n) is 11.2. The molecular weight excluding hydrogens is 521 g/mol. The highest BCUT2D eigenvalue weighted by molar-refractivity contribution is 14.0. The van der Waals surface area contributed by atoms with Crippen LogP contribution in [-0.2, 0) is 22.4 Å². The fourth-order valence-corrected chi connectivity index (χ4v) is 3.77. The van der Waals surface area contributed by atoms with E-state index in [-0.39, 0.29) is 30.1 Å². The molecule has 2 atom stereocenters. The van der Waals surface area contributed by atoms with Crippen LogP contribution in [0.5, 0.6) is 5.75 Å². The van der Waals surface area contributed by atoms with Gasteiger partial charge in [-0.1, -0.05) is 12.1 Å². The Bertz CT molecular complexity index is 832. The van der Waals surface area contributed by atoms with Gasteiger partial charge in [-0.2, -0.15) is 0 Å². The number of aliphatic imine (C=N–C) groups is 1. The van der Waals surface area contributed by atoms with Gasteiger partial charge in [0.05, 0.1) is 32.6 Å². The first-order chi connectivity index (χ1) is 15.3. The van der Waals surface area contributed by atoms with Crippen LogP contribution < -0.4 is 15.4 Å². The Morgan fingerprint density at radius 3 is 2.75 bits per heavy atom. The van der Waals surface area contributed by atoms with Gasteiger partial charge >= 0.3 is 0 Å². The number of rotatable bonds is 9. The molecule has 0 aliphatic carbocycles. The molecule has 2 saturated heterocycles. The minimum Gasteiger partial charge on any atom is -0.488 e. The van der Waals surface area contributed by atoms with Crippen LogP contribution in [-0.4, -0.2) is 51.6 Å². The van der Waals surface area contributed by atoms with E-state index >= 15 is 0 Å². The Morgan fingerprint density at radius 1 is 1.12 bits per heavy atom. The van der Waals surface area contributed by atoms with Gasteiger partial charge in [-0.3, -0.25) is 0 Å². The molecule has 2 aliphatic rings. The number of furan rings is 1. The number of aryl methyl sites for hydroxylation is 1. The molecule has 2 N–H and O–H groups in total. The van der Waals surface area contributed by atoms with Gasteiger partial charge in [0.25, 0.3) is 0 Å². The molecule has 176 valence electrons. The zero-order valence-corrected chi connectivity index (χ0v) is 21.0. The third-order valence-corrected chi connectivity index (χ3v) is 5.64. The number of nitrogens with one attached hydrogen (secondary N) is 2. The van der Waals surface area contributed by atoms with E-state index in [0.717, 1.165) is 75.2 Å². The lowest BCUT2D eigenvalue weighted by Gasteiger charge is -2.17. The number of ether oxygens (including phenoxy) is 3. The molecule has 7 nitrogen and oxygen atoms in total. The van der Waals surface area contributed by atoms with Crippen LogP contribution in [0.25, 0.3) is 0 Å². The Hall–Kier alpha value is -1.78. The van der Waals surface area contributed by atoms with E-state index in [0.29, 0.717) is 19.1 Å². The summed E-state index contributed by atoms with van der Waals surface area (Å²) in [4.78, 5) is 4.85. The normalized spacial score (nSPS) is 20.7. The van der Waals surface area contributed by atoms with Crippen LogP contribution in [0.2, 0.25) is 0 Å². The molecule has 2 fully saturated rings. The predicted molar refractivity (Wildman–Crippen MR) is 135 cm³/mol. The lowest BCUT2D eigenvalue weighted by molar-refractivity contribution is 0.140. The SMILES string of the molecule is Cc1ccc(CN=C(NCCc2ccco2)NCC2CCOC2)c(OC2CCOC2)c1.I. The molecule has 0 saturated carbocycles. The molecule has 2 unspecified atom stereocenters. The van der Waals surface area contributed by atoms with Crippen molar-refractivity contribution in [1.82, 2.24) is 10.6 Å². The van der Waals surface area contributed by atoms with E-state index in [4.69, 9.17) is 23.6 Å². The summed E-state index contributed by atoms with van der Waals surface area (Å²) >= 11 is 0. The molecule has 8 heteroatoms. The molecule has 2 aromatic rings. The van der Waals surface area contributed by atoms with E-state index in [9.17, 15) is 0 Å². The first kappa shape index (κ1) is 24.9. The van der Waals surface area contributed by atoms with Crippen LogP contribution >= 0.6 is 24.0 Å². The molecule has 3 heterocycles. The van der Waals surface area contributed by atoms with Gasteiger partial charge in [-0.25, -0.2) is 4.99 Å². The highest BCUT2D eigenvalue weighted by Gasteiger charge is 2.19. The van der Waals surface area contributed by atoms with Crippen molar-refractivity contribution < 1.29 is 18.6 Å². The molecule has 0 radical (unpaired) electrons. The smallest absolute Gasteiger partial charge is 0.191 e. The number of hydrogen-bond acceptors (Lipinski definition) is 5. The van der Waals surface area contributed by atoms with Crippen LogP contribution in [0.15, 0.2) is 46.0 Å². The second-order valence-corrected chi connectivity index (χ2v) is 8.25. The summed E-state index contributed by atoms with van der Waals surface area (Å²) in [6.45, 7) is 7.30. The average molecular weight is 555 g/mol. The maximum absolute atomic E-state index is 6.23. The summed E-state index contributed by atoms with van der Waals surface area (Å²) < 4.78 is 22.6. The molecule has 0 amide bonds. The molecule has 1 aromatic carbocycles. The number of hydrogen-bond donors (Lipinski definition) is 2. The van der Waals surface area contributed by atoms with Gasteiger partial charge in [0.2, 0.25) is 0 Å². The largest absolute Gasteiger partial charge is 0.488 e. The standard InChI is InChI=1S/C24H33N3O4.HI/c1-18-4-5-20(23(13-18)31-22-8-12-29-17-22)15-27-24(26-14-19-7-11-28-16-19)25-9-6-21-3-2-10-30-21;/h2-5,10,13,19,22H,6-9,11-12,14-17H2,1H3,(H2,25,26,27);1H. The van der Waals surface area contributed by atoms with Crippen molar-refractivity contribution in [2.75, 3.05) is 39.5 Å². The Balaban J connectivity index is 0.00000289. The van der Waals surface area contributed by atoms with Crippen molar-refractivity contribution >= 4 is 29.9 Å². The first-order valence-corrected chi connectivity index (χ1v) is 11.2. The zero-order chi connectivity index (χ0) is 21.3. The second kappa shape index (κ2) is 13.1. The van der Waals surface area contributed by atoms with Crippen molar-refractivity contribution in [2.24, 2.45) is 10.9 Å². The average Bonchev–Trinajstić information content (AvgIpc) is 3.55. The maximum atomic E-state index is 6.23. The van der Waals surface area contributed by atoms with Gasteiger partial charge in [0.15, 0.2) is 5.96 Å². The van der Waals surface area contributed by atoms with Gasteiger partial charge in [0, 0.05) is 44.0 Å². The Morgan fingerprint density at radius 2 is 2.00 bits per heavy atom. The van der Waals surface area contributed by atoms with E-state index in [1.807, 2.05) is 12.1 Å². The monoisotopic (exact) mass is 555 g/mol. The van der Waals surface area contributed by atoms with Gasteiger partial charge in [-0.15, -0.1) is 24.0 Å². The fourth-order valence-electron chi connectivity index (χ4n) is 3.77. The Kier molecular flexibility index (Phi) is 10.1. The van der Waals surface area contributed by atoms with Crippen molar-refractivity contribution in [1.29, 1.82) is 0 Å². The number of nitrogens with zero attached hydrogens (tertiary/aromatic N) is 1. The molecule has 1 aromatic heterocycles. The molecule has 0 spiro atoms. The van der Waals surface area contributed by atoms with Crippen LogP contribution in [0, 0.1) is 12.8 Å². The van der Waals surface area contributed by atoms with Crippen LogP contribution in [0.3, 0.4) is 0 Å². The lowest BCUT2D eigenvalue weighted by atomic mass is 10.1. The molecule has 0 bridgehead atoms. The molecule has 2 aliphatic heterocycles. The van der Waals surface area contributed by atoms with Crippen LogP contribution in [0.4, 0.5) is 0 Å². The number of benzene rings is 1. The molecular formula is C24H34IN3O4. The summed E-state index contributed by atoms with van der Waals surface area (Å²) in [5.74, 6) is 3.19. The van der Waals surface area contributed by atoms with E-state index in [1.54, 1.807) is 6.26 Å². The molecule has 4 rings (SSSR count). The quantitative estimate of drug-likeness (QED) is 0.279. The third kappa shape index (κ3) is 7.67. The zero-order valence-electron chi connectivity index (χ0n) is 18.7. The van der Waals surface area contributed by atoms with Gasteiger partial charge < -0.3 is 29.3 Å². The predicted octanol–water partition coefficient (Wildman–Crippen LogP) is 3.69. The summed E-state index contributed by atoms with van der Waals surface area (Å²) in [7, 11) is 0. The summed E-state index contributed by atoms with van der Waals surface area (Å²) in [5.41, 5.74) is 2.26. The highest BCUT2D eigenvalue weighted by Crippen LogP contribution is 2.24. The van der Waals surface area contributed by atoms with Gasteiger partial charge in [0.1, 0.15) is 17.6 Å². The van der Waals surface area contributed by atoms with Crippen LogP contribution in [0.1, 0.15) is 29.7 Å². The van der Waals surface area contributed by atoms with E-state index in [2.05, 4.69) is 35.8 Å². The number of guanidine groups is 1.